The van der Waals surface area contributed by atoms with E-state index in [1.54, 1.807) is 0 Å². The second-order valence-electron chi connectivity index (χ2n) is 3.34. The molecule has 1 atom stereocenters. The molecule has 2 nitrogen and oxygen atoms in total. The molecule has 1 aliphatic carbocycles. The highest BCUT2D eigenvalue weighted by atomic mass is 79.9. The number of aliphatic hydroxyl groups is 1. The number of aliphatic imine (C=N–C) groups is 1. The zero-order valence-electron chi connectivity index (χ0n) is 7.67. The minimum absolute atomic E-state index is 0.152. The van der Waals surface area contributed by atoms with E-state index in [0.717, 1.165) is 6.08 Å². The molecule has 1 unspecified atom stereocenters. The second-order valence-corrected chi connectivity index (χ2v) is 4.19. The zero-order valence-corrected chi connectivity index (χ0v) is 9.26. The van der Waals surface area contributed by atoms with Crippen LogP contribution in [0, 0.1) is 0 Å². The van der Waals surface area contributed by atoms with E-state index >= 15 is 0 Å². The monoisotopic (exact) mass is 275 g/mol. The van der Waals surface area contributed by atoms with Gasteiger partial charge in [0.15, 0.2) is 5.67 Å². The van der Waals surface area contributed by atoms with E-state index < -0.39 is 11.5 Å². The highest BCUT2D eigenvalue weighted by molar-refractivity contribution is 9.12. The summed E-state index contributed by atoms with van der Waals surface area (Å²) in [5, 5.41) is 8.75. The molecule has 0 aromatic carbocycles. The van der Waals surface area contributed by atoms with Gasteiger partial charge in [0.2, 0.25) is 0 Å². The molecule has 2 aliphatic rings. The molecule has 1 N–H and O–H groups in total. The number of fused-ring (bicyclic) bond motifs is 1. The summed E-state index contributed by atoms with van der Waals surface area (Å²) in [6, 6.07) is 0. The molecule has 80 valence electrons. The van der Waals surface area contributed by atoms with Crippen LogP contribution in [0.1, 0.15) is 6.42 Å². The number of alkyl halides is 1. The minimum atomic E-state index is -1.98. The van der Waals surface area contributed by atoms with Crippen molar-refractivity contribution >= 4 is 21.6 Å². The van der Waals surface area contributed by atoms with Gasteiger partial charge in [0.25, 0.3) is 0 Å². The van der Waals surface area contributed by atoms with Crippen LogP contribution in [-0.4, -0.2) is 23.1 Å². The van der Waals surface area contributed by atoms with Gasteiger partial charge >= 0.3 is 0 Å². The molecule has 0 radical (unpaired) electrons. The molecule has 1 heterocycles. The molecule has 2 rings (SSSR count). The highest BCUT2D eigenvalue weighted by Gasteiger charge is 2.42. The third-order valence-corrected chi connectivity index (χ3v) is 3.01. The maximum Gasteiger partial charge on any atom is 0.197 e. The summed E-state index contributed by atoms with van der Waals surface area (Å²) in [5.41, 5.74) is -1.55. The lowest BCUT2D eigenvalue weighted by Crippen LogP contribution is -2.32. The molecule has 0 spiro atoms. The number of nitrogens with zero attached hydrogens (tertiary/aromatic N) is 1. The van der Waals surface area contributed by atoms with Crippen LogP contribution in [0.2, 0.25) is 0 Å². The number of hydrogen-bond donors (Lipinski definition) is 1. The Hall–Kier alpha value is -0.810. The first-order valence-electron chi connectivity index (χ1n) is 4.41. The van der Waals surface area contributed by atoms with Gasteiger partial charge in [0.05, 0.1) is 10.2 Å². The van der Waals surface area contributed by atoms with Gasteiger partial charge in [-0.2, -0.15) is 0 Å². The fourth-order valence-electron chi connectivity index (χ4n) is 1.61. The summed E-state index contributed by atoms with van der Waals surface area (Å²) in [7, 11) is 0. The van der Waals surface area contributed by atoms with Crippen LogP contribution in [0.25, 0.3) is 0 Å². The van der Waals surface area contributed by atoms with E-state index in [4.69, 9.17) is 5.11 Å². The van der Waals surface area contributed by atoms with Crippen LogP contribution in [0.3, 0.4) is 0 Å². The molecule has 0 fully saturated rings. The number of halogens is 3. The molecule has 0 aromatic heterocycles. The van der Waals surface area contributed by atoms with Crippen molar-refractivity contribution < 1.29 is 13.9 Å². The van der Waals surface area contributed by atoms with Crippen molar-refractivity contribution in [2.24, 2.45) is 4.99 Å². The normalized spacial score (nSPS) is 29.1. The Bertz CT molecular complexity index is 425. The largest absolute Gasteiger partial charge is 0.396 e. The Labute approximate surface area is 93.8 Å². The molecule has 5 heteroatoms. The number of hydrogen-bond acceptors (Lipinski definition) is 2. The Morgan fingerprint density at radius 1 is 1.53 bits per heavy atom. The molecule has 0 bridgehead atoms. The Kier molecular flexibility index (Phi) is 2.60. The van der Waals surface area contributed by atoms with Gasteiger partial charge in [0.1, 0.15) is 5.83 Å². The van der Waals surface area contributed by atoms with E-state index in [-0.39, 0.29) is 28.8 Å². The molecular weight excluding hydrogens is 268 g/mol. The van der Waals surface area contributed by atoms with Gasteiger partial charge in [-0.3, -0.25) is 4.99 Å². The summed E-state index contributed by atoms with van der Waals surface area (Å²) in [5.74, 6) is -0.651. The van der Waals surface area contributed by atoms with Crippen molar-refractivity contribution in [3.63, 3.8) is 0 Å². The fraction of sp³-hybridized carbons (Fsp3) is 0.300. The quantitative estimate of drug-likeness (QED) is 0.826. The predicted molar refractivity (Wildman–Crippen MR) is 57.3 cm³/mol. The lowest BCUT2D eigenvalue weighted by molar-refractivity contribution is 0.281. The van der Waals surface area contributed by atoms with E-state index in [1.165, 1.54) is 12.3 Å². The summed E-state index contributed by atoms with van der Waals surface area (Å²) in [6.45, 7) is -0.180. The first kappa shape index (κ1) is 10.7. The predicted octanol–water partition coefficient (Wildman–Crippen LogP) is 2.56. The molecule has 0 saturated carbocycles. The fourth-order valence-corrected chi connectivity index (χ4v) is 1.94. The van der Waals surface area contributed by atoms with Crippen molar-refractivity contribution in [2.45, 2.75) is 12.1 Å². The topological polar surface area (TPSA) is 32.6 Å². The third kappa shape index (κ3) is 1.59. The lowest BCUT2D eigenvalue weighted by atomic mass is 9.87. The number of allylic oxidation sites excluding steroid dienone is 4. The molecule has 15 heavy (non-hydrogen) atoms. The molecule has 0 saturated heterocycles. The van der Waals surface area contributed by atoms with Crippen LogP contribution in [-0.2, 0) is 0 Å². The van der Waals surface area contributed by atoms with Crippen LogP contribution in [0.5, 0.6) is 0 Å². The van der Waals surface area contributed by atoms with Crippen molar-refractivity contribution in [3.8, 4) is 0 Å². The second kappa shape index (κ2) is 3.64. The maximum absolute atomic E-state index is 14.3. The van der Waals surface area contributed by atoms with E-state index in [2.05, 4.69) is 20.9 Å². The van der Waals surface area contributed by atoms with E-state index in [1.807, 2.05) is 0 Å². The van der Waals surface area contributed by atoms with Crippen LogP contribution in [0.15, 0.2) is 39.2 Å². The average Bonchev–Trinajstić information content (AvgIpc) is 2.46. The van der Waals surface area contributed by atoms with Gasteiger partial charge in [0, 0.05) is 12.8 Å². The van der Waals surface area contributed by atoms with Crippen molar-refractivity contribution in [1.82, 2.24) is 0 Å². The van der Waals surface area contributed by atoms with Crippen LogP contribution < -0.4 is 0 Å². The summed E-state index contributed by atoms with van der Waals surface area (Å²) in [4.78, 5) is 3.87. The van der Waals surface area contributed by atoms with Gasteiger partial charge in [-0.1, -0.05) is 0 Å². The van der Waals surface area contributed by atoms with Crippen molar-refractivity contribution in [1.29, 1.82) is 0 Å². The average molecular weight is 276 g/mol. The first-order chi connectivity index (χ1) is 7.08. The molecule has 1 aliphatic heterocycles. The molecular formula is C10H8BrF2NO. The van der Waals surface area contributed by atoms with Crippen molar-refractivity contribution in [3.05, 3.63) is 34.2 Å². The first-order valence-corrected chi connectivity index (χ1v) is 5.20. The summed E-state index contributed by atoms with van der Waals surface area (Å²) < 4.78 is 27.8. The zero-order chi connectivity index (χ0) is 11.1. The van der Waals surface area contributed by atoms with Gasteiger partial charge in [-0.25, -0.2) is 8.78 Å². The van der Waals surface area contributed by atoms with Crippen molar-refractivity contribution in [2.75, 3.05) is 6.61 Å². The smallest absolute Gasteiger partial charge is 0.197 e. The van der Waals surface area contributed by atoms with Gasteiger partial charge in [-0.05, 0) is 40.1 Å². The maximum atomic E-state index is 14.3. The van der Waals surface area contributed by atoms with Gasteiger partial charge < -0.3 is 5.11 Å². The van der Waals surface area contributed by atoms with Crippen LogP contribution >= 0.6 is 15.9 Å². The summed E-state index contributed by atoms with van der Waals surface area (Å²) in [6.07, 6.45) is 3.69. The Balaban J connectivity index is 2.39. The number of aliphatic hydroxyl groups excluding tert-OH is 1. The molecule has 0 aromatic rings. The Morgan fingerprint density at radius 3 is 2.93 bits per heavy atom. The minimum Gasteiger partial charge on any atom is -0.396 e. The highest BCUT2D eigenvalue weighted by Crippen LogP contribution is 2.40. The van der Waals surface area contributed by atoms with E-state index in [0.29, 0.717) is 0 Å². The molecule has 0 amide bonds. The van der Waals surface area contributed by atoms with Crippen LogP contribution in [0.4, 0.5) is 8.78 Å². The standard InChI is InChI=1S/C10H8BrF2NO/c11-7-3-9-10(13,4-8(7)12)6(1-2-15)5-14-9/h3-5,15H,1-2H2. The SMILES string of the molecule is OCCC1=CN=C2C=C(Br)C(F)=CC12F. The third-order valence-electron chi connectivity index (χ3n) is 2.40. The Morgan fingerprint density at radius 2 is 2.27 bits per heavy atom. The number of rotatable bonds is 2. The van der Waals surface area contributed by atoms with E-state index in [9.17, 15) is 8.78 Å². The summed E-state index contributed by atoms with van der Waals surface area (Å²) >= 11 is 2.97. The van der Waals surface area contributed by atoms with Gasteiger partial charge in [-0.15, -0.1) is 0 Å². The lowest BCUT2D eigenvalue weighted by Gasteiger charge is -2.23.